The van der Waals surface area contributed by atoms with Gasteiger partial charge in [-0.05, 0) is 19.3 Å². The fourth-order valence-corrected chi connectivity index (χ4v) is 3.31. The van der Waals surface area contributed by atoms with Gasteiger partial charge in [-0.2, -0.15) is 5.26 Å². The fourth-order valence-electron chi connectivity index (χ4n) is 3.31. The van der Waals surface area contributed by atoms with Gasteiger partial charge in [0.25, 0.3) is 0 Å². The van der Waals surface area contributed by atoms with Gasteiger partial charge in [0.1, 0.15) is 5.41 Å². The van der Waals surface area contributed by atoms with Crippen molar-refractivity contribution < 1.29 is 14.3 Å². The number of nitriles is 1. The van der Waals surface area contributed by atoms with E-state index in [4.69, 9.17) is 4.74 Å². The van der Waals surface area contributed by atoms with Crippen molar-refractivity contribution in [1.29, 1.82) is 5.26 Å². The van der Waals surface area contributed by atoms with Gasteiger partial charge in [-0.15, -0.1) is 0 Å². The van der Waals surface area contributed by atoms with Crippen LogP contribution >= 0.6 is 0 Å². The molecule has 5 nitrogen and oxygen atoms in total. The van der Waals surface area contributed by atoms with E-state index in [2.05, 4.69) is 6.07 Å². The molecule has 0 aromatic heterocycles. The summed E-state index contributed by atoms with van der Waals surface area (Å²) in [4.78, 5) is 25.9. The Bertz CT molecular complexity index is 419. The molecule has 2 rings (SSSR count). The van der Waals surface area contributed by atoms with Gasteiger partial charge >= 0.3 is 5.97 Å². The highest BCUT2D eigenvalue weighted by molar-refractivity contribution is 5.86. The highest BCUT2D eigenvalue weighted by Gasteiger charge is 2.44. The molecule has 1 amide bonds. The van der Waals surface area contributed by atoms with E-state index >= 15 is 0 Å². The first kappa shape index (κ1) is 14.8. The standard InChI is InChI=1S/C15H22N2O3/c1-20-13(18)12-6-9-17(10-12)14(19)15(11-16)7-4-2-3-5-8-15/h12H,2-10H2,1H3. The summed E-state index contributed by atoms with van der Waals surface area (Å²) in [6, 6.07) is 2.28. The molecular formula is C15H22N2O3. The molecule has 1 saturated heterocycles. The van der Waals surface area contributed by atoms with Crippen molar-refractivity contribution in [2.45, 2.75) is 44.9 Å². The third kappa shape index (κ3) is 2.79. The van der Waals surface area contributed by atoms with Crippen LogP contribution in [-0.4, -0.2) is 37.0 Å². The predicted octanol–water partition coefficient (Wildman–Crippen LogP) is 1.87. The van der Waals surface area contributed by atoms with E-state index < -0.39 is 5.41 Å². The Hall–Kier alpha value is -1.57. The zero-order valence-electron chi connectivity index (χ0n) is 12.1. The Kier molecular flexibility index (Phi) is 4.64. The third-order valence-corrected chi connectivity index (χ3v) is 4.59. The lowest BCUT2D eigenvalue weighted by Crippen LogP contribution is -2.42. The van der Waals surface area contributed by atoms with Crippen molar-refractivity contribution in [1.82, 2.24) is 4.90 Å². The number of hydrogen-bond acceptors (Lipinski definition) is 4. The van der Waals surface area contributed by atoms with Gasteiger partial charge in [0, 0.05) is 13.1 Å². The summed E-state index contributed by atoms with van der Waals surface area (Å²) in [6.07, 6.45) is 6.02. The van der Waals surface area contributed by atoms with Crippen LogP contribution in [-0.2, 0) is 14.3 Å². The number of carbonyl (C=O) groups excluding carboxylic acids is 2. The summed E-state index contributed by atoms with van der Waals surface area (Å²) >= 11 is 0. The van der Waals surface area contributed by atoms with Gasteiger partial charge in [0.2, 0.25) is 5.91 Å². The molecule has 1 saturated carbocycles. The van der Waals surface area contributed by atoms with Gasteiger partial charge in [0.05, 0.1) is 19.1 Å². The summed E-state index contributed by atoms with van der Waals surface area (Å²) in [7, 11) is 1.37. The van der Waals surface area contributed by atoms with E-state index in [0.717, 1.165) is 25.7 Å². The number of ether oxygens (including phenoxy) is 1. The zero-order chi connectivity index (χ0) is 14.6. The monoisotopic (exact) mass is 278 g/mol. The Morgan fingerprint density at radius 3 is 2.45 bits per heavy atom. The summed E-state index contributed by atoms with van der Waals surface area (Å²) in [5.41, 5.74) is -0.860. The summed E-state index contributed by atoms with van der Waals surface area (Å²) < 4.78 is 4.74. The zero-order valence-corrected chi connectivity index (χ0v) is 12.1. The SMILES string of the molecule is COC(=O)C1CCN(C(=O)C2(C#N)CCCCCC2)C1. The first-order valence-corrected chi connectivity index (χ1v) is 7.41. The molecule has 20 heavy (non-hydrogen) atoms. The Morgan fingerprint density at radius 2 is 1.90 bits per heavy atom. The second-order valence-corrected chi connectivity index (χ2v) is 5.87. The van der Waals surface area contributed by atoms with Crippen molar-refractivity contribution >= 4 is 11.9 Å². The Labute approximate surface area is 119 Å². The maximum atomic E-state index is 12.7. The maximum absolute atomic E-state index is 12.7. The lowest BCUT2D eigenvalue weighted by molar-refractivity contribution is -0.145. The number of hydrogen-bond donors (Lipinski definition) is 0. The lowest BCUT2D eigenvalue weighted by Gasteiger charge is -2.29. The number of methoxy groups -OCH3 is 1. The highest BCUT2D eigenvalue weighted by atomic mass is 16.5. The minimum absolute atomic E-state index is 0.0756. The summed E-state index contributed by atoms with van der Waals surface area (Å²) in [5, 5.41) is 9.53. The molecule has 0 radical (unpaired) electrons. The second kappa shape index (κ2) is 6.25. The predicted molar refractivity (Wildman–Crippen MR) is 72.5 cm³/mol. The van der Waals surface area contributed by atoms with Crippen LogP contribution in [0.5, 0.6) is 0 Å². The number of amides is 1. The molecule has 0 bridgehead atoms. The van der Waals surface area contributed by atoms with Crippen LogP contribution in [0.25, 0.3) is 0 Å². The van der Waals surface area contributed by atoms with Gasteiger partial charge in [-0.1, -0.05) is 25.7 Å². The van der Waals surface area contributed by atoms with Gasteiger partial charge in [-0.3, -0.25) is 9.59 Å². The number of likely N-dealkylation sites (tertiary alicyclic amines) is 1. The van der Waals surface area contributed by atoms with Crippen molar-refractivity contribution in [2.75, 3.05) is 20.2 Å². The second-order valence-electron chi connectivity index (χ2n) is 5.87. The Morgan fingerprint density at radius 1 is 1.25 bits per heavy atom. The molecule has 1 aliphatic heterocycles. The molecule has 1 aliphatic carbocycles. The fraction of sp³-hybridized carbons (Fsp3) is 0.800. The first-order valence-electron chi connectivity index (χ1n) is 7.41. The molecule has 0 aromatic rings. The van der Waals surface area contributed by atoms with E-state index in [1.807, 2.05) is 0 Å². The van der Waals surface area contributed by atoms with Crippen LogP contribution in [0.4, 0.5) is 0 Å². The molecular weight excluding hydrogens is 256 g/mol. The van der Waals surface area contributed by atoms with Crippen molar-refractivity contribution in [3.8, 4) is 6.07 Å². The average molecular weight is 278 g/mol. The van der Waals surface area contributed by atoms with Crippen molar-refractivity contribution in [2.24, 2.45) is 11.3 Å². The van der Waals surface area contributed by atoms with Crippen LogP contribution in [0.2, 0.25) is 0 Å². The normalized spacial score (nSPS) is 25.6. The van der Waals surface area contributed by atoms with Crippen LogP contribution in [0.1, 0.15) is 44.9 Å². The van der Waals surface area contributed by atoms with Gasteiger partial charge < -0.3 is 9.64 Å². The van der Waals surface area contributed by atoms with E-state index in [1.165, 1.54) is 7.11 Å². The quantitative estimate of drug-likeness (QED) is 0.571. The van der Waals surface area contributed by atoms with Crippen molar-refractivity contribution in [3.63, 3.8) is 0 Å². The molecule has 2 fully saturated rings. The van der Waals surface area contributed by atoms with E-state index in [0.29, 0.717) is 32.4 Å². The van der Waals surface area contributed by atoms with Crippen LogP contribution in [0.3, 0.4) is 0 Å². The maximum Gasteiger partial charge on any atom is 0.310 e. The number of nitrogens with zero attached hydrogens (tertiary/aromatic N) is 2. The lowest BCUT2D eigenvalue weighted by atomic mass is 9.80. The topological polar surface area (TPSA) is 70.4 Å². The van der Waals surface area contributed by atoms with Crippen LogP contribution in [0.15, 0.2) is 0 Å². The van der Waals surface area contributed by atoms with Crippen molar-refractivity contribution in [3.05, 3.63) is 0 Å². The smallest absolute Gasteiger partial charge is 0.310 e. The van der Waals surface area contributed by atoms with E-state index in [-0.39, 0.29) is 17.8 Å². The molecule has 5 heteroatoms. The molecule has 1 unspecified atom stereocenters. The first-order chi connectivity index (χ1) is 9.63. The molecule has 0 N–H and O–H groups in total. The van der Waals surface area contributed by atoms with Gasteiger partial charge in [0.15, 0.2) is 0 Å². The molecule has 0 aromatic carbocycles. The number of carbonyl (C=O) groups is 2. The minimum atomic E-state index is -0.860. The largest absolute Gasteiger partial charge is 0.469 e. The third-order valence-electron chi connectivity index (χ3n) is 4.59. The summed E-state index contributed by atoms with van der Waals surface area (Å²) in [6.45, 7) is 0.955. The molecule has 1 atom stereocenters. The molecule has 2 aliphatic rings. The molecule has 1 heterocycles. The highest BCUT2D eigenvalue weighted by Crippen LogP contribution is 2.37. The molecule has 0 spiro atoms. The number of esters is 1. The van der Waals surface area contributed by atoms with E-state index in [1.54, 1.807) is 4.90 Å². The van der Waals surface area contributed by atoms with Crippen LogP contribution < -0.4 is 0 Å². The Balaban J connectivity index is 2.06. The van der Waals surface area contributed by atoms with Crippen LogP contribution in [0, 0.1) is 22.7 Å². The van der Waals surface area contributed by atoms with Gasteiger partial charge in [-0.25, -0.2) is 0 Å². The average Bonchev–Trinajstić information content (AvgIpc) is 2.84. The number of rotatable bonds is 2. The van der Waals surface area contributed by atoms with E-state index in [9.17, 15) is 14.9 Å². The summed E-state index contributed by atoms with van der Waals surface area (Å²) in [5.74, 6) is -0.564. The minimum Gasteiger partial charge on any atom is -0.469 e. The molecule has 110 valence electrons.